The van der Waals surface area contributed by atoms with Gasteiger partial charge in [0.05, 0.1) is 5.69 Å². The van der Waals surface area contributed by atoms with Gasteiger partial charge in [0.2, 0.25) is 0 Å². The molecule has 0 atom stereocenters. The van der Waals surface area contributed by atoms with Gasteiger partial charge in [0.1, 0.15) is 16.8 Å². The second kappa shape index (κ2) is 8.14. The van der Waals surface area contributed by atoms with Crippen molar-refractivity contribution in [3.05, 3.63) is 77.9 Å². The van der Waals surface area contributed by atoms with E-state index < -0.39 is 0 Å². The van der Waals surface area contributed by atoms with Gasteiger partial charge in [-0.3, -0.25) is 4.79 Å². The Bertz CT molecular complexity index is 1130. The Balaban J connectivity index is 1.51. The number of benzene rings is 3. The summed E-state index contributed by atoms with van der Waals surface area (Å²) >= 11 is 0. The van der Waals surface area contributed by atoms with Gasteiger partial charge in [-0.25, -0.2) is 0 Å². The van der Waals surface area contributed by atoms with Gasteiger partial charge >= 0.3 is 0 Å². The zero-order valence-corrected chi connectivity index (χ0v) is 16.4. The summed E-state index contributed by atoms with van der Waals surface area (Å²) < 4.78 is 5.50. The van der Waals surface area contributed by atoms with Crippen LogP contribution in [0.1, 0.15) is 18.1 Å². The third-order valence-electron chi connectivity index (χ3n) is 4.69. The molecule has 0 aliphatic carbocycles. The molecule has 3 aromatic carbocycles. The summed E-state index contributed by atoms with van der Waals surface area (Å²) in [6.07, 6.45) is 0.991. The van der Waals surface area contributed by atoms with Crippen LogP contribution in [0.2, 0.25) is 0 Å². The first kappa shape index (κ1) is 18.7. The highest BCUT2D eigenvalue weighted by Crippen LogP contribution is 2.22. The third-order valence-corrected chi connectivity index (χ3v) is 4.69. The van der Waals surface area contributed by atoms with Gasteiger partial charge in [-0.05, 0) is 60.9 Å². The van der Waals surface area contributed by atoms with Crippen LogP contribution in [-0.2, 0) is 11.2 Å². The van der Waals surface area contributed by atoms with E-state index in [0.29, 0.717) is 11.4 Å². The van der Waals surface area contributed by atoms with Crippen molar-refractivity contribution in [1.82, 2.24) is 15.0 Å². The predicted molar refractivity (Wildman–Crippen MR) is 114 cm³/mol. The van der Waals surface area contributed by atoms with Crippen LogP contribution in [0, 0.1) is 6.92 Å². The number of aryl methyl sites for hydroxylation is 2. The maximum Gasteiger partial charge on any atom is 0.262 e. The average molecular weight is 386 g/mol. The summed E-state index contributed by atoms with van der Waals surface area (Å²) in [4.78, 5) is 13.9. The highest BCUT2D eigenvalue weighted by Gasteiger charge is 2.11. The lowest BCUT2D eigenvalue weighted by atomic mass is 10.1. The van der Waals surface area contributed by atoms with Crippen molar-refractivity contribution in [2.45, 2.75) is 20.3 Å². The number of ether oxygens (including phenoxy) is 1. The molecule has 0 saturated heterocycles. The minimum Gasteiger partial charge on any atom is -0.484 e. The van der Waals surface area contributed by atoms with Crippen molar-refractivity contribution in [3.63, 3.8) is 0 Å². The number of nitrogens with one attached hydrogen (secondary N) is 1. The van der Waals surface area contributed by atoms with Crippen molar-refractivity contribution in [2.24, 2.45) is 0 Å². The molecule has 0 spiro atoms. The first-order valence-corrected chi connectivity index (χ1v) is 9.57. The highest BCUT2D eigenvalue weighted by molar-refractivity contribution is 5.95. The molecule has 6 nitrogen and oxygen atoms in total. The van der Waals surface area contributed by atoms with E-state index in [4.69, 9.17) is 4.74 Å². The topological polar surface area (TPSA) is 69.0 Å². The second-order valence-corrected chi connectivity index (χ2v) is 6.82. The molecule has 0 fully saturated rings. The second-order valence-electron chi connectivity index (χ2n) is 6.82. The van der Waals surface area contributed by atoms with E-state index >= 15 is 0 Å². The Kier molecular flexibility index (Phi) is 5.24. The highest BCUT2D eigenvalue weighted by atomic mass is 16.5. The number of carbonyl (C=O) groups is 1. The quantitative estimate of drug-likeness (QED) is 0.536. The van der Waals surface area contributed by atoms with Gasteiger partial charge < -0.3 is 10.1 Å². The Hall–Kier alpha value is -3.67. The molecule has 146 valence electrons. The van der Waals surface area contributed by atoms with Crippen molar-refractivity contribution in [3.8, 4) is 11.4 Å². The molecule has 0 radical (unpaired) electrons. The maximum atomic E-state index is 12.3. The minimum atomic E-state index is -0.223. The lowest BCUT2D eigenvalue weighted by molar-refractivity contribution is -0.118. The van der Waals surface area contributed by atoms with Gasteiger partial charge in [-0.15, -0.1) is 10.2 Å². The summed E-state index contributed by atoms with van der Waals surface area (Å²) in [6, 6.07) is 21.2. The van der Waals surface area contributed by atoms with Gasteiger partial charge in [0, 0.05) is 5.69 Å². The Morgan fingerprint density at radius 3 is 2.38 bits per heavy atom. The number of amides is 1. The van der Waals surface area contributed by atoms with Crippen molar-refractivity contribution in [1.29, 1.82) is 0 Å². The molecule has 1 aromatic heterocycles. The molecule has 1 amide bonds. The molecule has 4 aromatic rings. The Morgan fingerprint density at radius 2 is 1.69 bits per heavy atom. The number of hydrogen-bond donors (Lipinski definition) is 1. The van der Waals surface area contributed by atoms with Crippen LogP contribution in [0.5, 0.6) is 5.75 Å². The number of hydrogen-bond acceptors (Lipinski definition) is 4. The fourth-order valence-corrected chi connectivity index (χ4v) is 3.03. The normalized spacial score (nSPS) is 10.8. The minimum absolute atomic E-state index is 0.0576. The largest absolute Gasteiger partial charge is 0.484 e. The summed E-state index contributed by atoms with van der Waals surface area (Å²) in [5.41, 5.74) is 5.28. The van der Waals surface area contributed by atoms with Crippen LogP contribution in [0.25, 0.3) is 16.7 Å². The smallest absolute Gasteiger partial charge is 0.262 e. The zero-order chi connectivity index (χ0) is 20.2. The third kappa shape index (κ3) is 4.27. The van der Waals surface area contributed by atoms with E-state index in [1.54, 1.807) is 4.80 Å². The van der Waals surface area contributed by atoms with Gasteiger partial charge in [0.25, 0.3) is 5.91 Å². The maximum absolute atomic E-state index is 12.3. The van der Waals surface area contributed by atoms with E-state index in [1.807, 2.05) is 61.5 Å². The Labute approximate surface area is 169 Å². The van der Waals surface area contributed by atoms with Crippen LogP contribution < -0.4 is 10.1 Å². The molecule has 29 heavy (non-hydrogen) atoms. The monoisotopic (exact) mass is 386 g/mol. The van der Waals surface area contributed by atoms with Crippen LogP contribution >= 0.6 is 0 Å². The molecule has 0 unspecified atom stereocenters. The van der Waals surface area contributed by atoms with Crippen LogP contribution in [0.3, 0.4) is 0 Å². The standard InChI is InChI=1S/C23H22N4O2/c1-3-17-9-11-18(12-10-17)27-25-21-13-16(2)20(14-22(21)26-27)24-23(28)15-29-19-7-5-4-6-8-19/h4-14H,3,15H2,1-2H3,(H,24,28). The number of carbonyl (C=O) groups excluding carboxylic acids is 1. The number of fused-ring (bicyclic) bond motifs is 1. The van der Waals surface area contributed by atoms with E-state index in [0.717, 1.165) is 28.7 Å². The summed E-state index contributed by atoms with van der Waals surface area (Å²) in [5.74, 6) is 0.436. The van der Waals surface area contributed by atoms with Crippen molar-refractivity contribution < 1.29 is 9.53 Å². The fraction of sp³-hybridized carbons (Fsp3) is 0.174. The summed E-state index contributed by atoms with van der Waals surface area (Å²) in [5, 5.41) is 12.0. The molecule has 0 saturated carbocycles. The molecular formula is C23H22N4O2. The van der Waals surface area contributed by atoms with E-state index in [9.17, 15) is 4.79 Å². The van der Waals surface area contributed by atoms with Crippen LogP contribution in [0.4, 0.5) is 5.69 Å². The SMILES string of the molecule is CCc1ccc(-n2nc3cc(C)c(NC(=O)COc4ccccc4)cc3n2)cc1. The van der Waals surface area contributed by atoms with Gasteiger partial charge in [-0.1, -0.05) is 37.3 Å². The number of nitrogens with zero attached hydrogens (tertiary/aromatic N) is 3. The molecule has 0 aliphatic rings. The van der Waals surface area contributed by atoms with E-state index in [1.165, 1.54) is 5.56 Å². The number of para-hydroxylation sites is 1. The van der Waals surface area contributed by atoms with Crippen LogP contribution in [-0.4, -0.2) is 27.5 Å². The number of anilines is 1. The van der Waals surface area contributed by atoms with Crippen LogP contribution in [0.15, 0.2) is 66.7 Å². The number of rotatable bonds is 6. The molecule has 0 bridgehead atoms. The molecule has 4 rings (SSSR count). The lowest BCUT2D eigenvalue weighted by Crippen LogP contribution is -2.20. The molecule has 6 heteroatoms. The van der Waals surface area contributed by atoms with E-state index in [2.05, 4.69) is 34.6 Å². The van der Waals surface area contributed by atoms with Crippen molar-refractivity contribution in [2.75, 3.05) is 11.9 Å². The van der Waals surface area contributed by atoms with E-state index in [-0.39, 0.29) is 12.5 Å². The Morgan fingerprint density at radius 1 is 1.00 bits per heavy atom. The van der Waals surface area contributed by atoms with Crippen molar-refractivity contribution >= 4 is 22.6 Å². The zero-order valence-electron chi connectivity index (χ0n) is 16.4. The molecule has 1 heterocycles. The molecule has 0 aliphatic heterocycles. The van der Waals surface area contributed by atoms with Gasteiger partial charge in [0.15, 0.2) is 6.61 Å². The first-order chi connectivity index (χ1) is 14.1. The number of aromatic nitrogens is 3. The predicted octanol–water partition coefficient (Wildman–Crippen LogP) is 4.31. The van der Waals surface area contributed by atoms with Gasteiger partial charge in [-0.2, -0.15) is 4.80 Å². The lowest BCUT2D eigenvalue weighted by Gasteiger charge is -2.09. The average Bonchev–Trinajstić information content (AvgIpc) is 3.16. The molecule has 1 N–H and O–H groups in total. The summed E-state index contributed by atoms with van der Waals surface area (Å²) in [6.45, 7) is 4.00. The fourth-order valence-electron chi connectivity index (χ4n) is 3.03. The summed E-state index contributed by atoms with van der Waals surface area (Å²) in [7, 11) is 0. The molecular weight excluding hydrogens is 364 g/mol. The first-order valence-electron chi connectivity index (χ1n) is 9.57.